The SMILES string of the molecule is CCCCC[C@@H](O)[C@@H]1O[C@@H]1/C=C/CCCCO[Si](C)(C)C(C)(C)C. The highest BCUT2D eigenvalue weighted by molar-refractivity contribution is 6.74. The van der Waals surface area contributed by atoms with Gasteiger partial charge in [0.25, 0.3) is 0 Å². The molecule has 1 aliphatic heterocycles. The van der Waals surface area contributed by atoms with E-state index in [9.17, 15) is 5.11 Å². The molecule has 0 radical (unpaired) electrons. The zero-order valence-corrected chi connectivity index (χ0v) is 17.8. The second-order valence-corrected chi connectivity index (χ2v) is 13.5. The molecule has 0 spiro atoms. The van der Waals surface area contributed by atoms with Gasteiger partial charge in [0.1, 0.15) is 12.2 Å². The summed E-state index contributed by atoms with van der Waals surface area (Å²) in [5.74, 6) is 0. The predicted octanol–water partition coefficient (Wildman–Crippen LogP) is 5.44. The summed E-state index contributed by atoms with van der Waals surface area (Å²) in [5, 5.41) is 10.3. The lowest BCUT2D eigenvalue weighted by Gasteiger charge is -2.36. The van der Waals surface area contributed by atoms with Crippen LogP contribution in [0.5, 0.6) is 0 Å². The number of ether oxygens (including phenoxy) is 1. The van der Waals surface area contributed by atoms with Crippen molar-refractivity contribution < 1.29 is 14.3 Å². The minimum atomic E-state index is -1.58. The van der Waals surface area contributed by atoms with Crippen LogP contribution in [0.25, 0.3) is 0 Å². The summed E-state index contributed by atoms with van der Waals surface area (Å²) in [6.45, 7) is 14.5. The molecule has 1 saturated heterocycles. The second-order valence-electron chi connectivity index (χ2n) is 8.66. The number of epoxide rings is 1. The predicted molar refractivity (Wildman–Crippen MR) is 105 cm³/mol. The highest BCUT2D eigenvalue weighted by atomic mass is 28.4. The van der Waals surface area contributed by atoms with Crippen LogP contribution in [0.4, 0.5) is 0 Å². The molecule has 142 valence electrons. The number of allylic oxidation sites excluding steroid dienone is 1. The van der Waals surface area contributed by atoms with Gasteiger partial charge in [0.2, 0.25) is 0 Å². The van der Waals surface area contributed by atoms with Crippen LogP contribution in [0.3, 0.4) is 0 Å². The van der Waals surface area contributed by atoms with Crippen LogP contribution in [0.2, 0.25) is 18.1 Å². The minimum Gasteiger partial charge on any atom is -0.417 e. The van der Waals surface area contributed by atoms with Gasteiger partial charge < -0.3 is 14.3 Å². The first-order chi connectivity index (χ1) is 11.2. The van der Waals surface area contributed by atoms with Crippen molar-refractivity contribution in [1.82, 2.24) is 0 Å². The third kappa shape index (κ3) is 7.81. The van der Waals surface area contributed by atoms with Gasteiger partial charge in [-0.25, -0.2) is 0 Å². The number of hydrogen-bond acceptors (Lipinski definition) is 3. The maximum Gasteiger partial charge on any atom is 0.191 e. The molecule has 0 unspecified atom stereocenters. The third-order valence-corrected chi connectivity index (χ3v) is 9.94. The lowest BCUT2D eigenvalue weighted by Crippen LogP contribution is -2.40. The van der Waals surface area contributed by atoms with E-state index in [0.717, 1.165) is 38.7 Å². The van der Waals surface area contributed by atoms with Gasteiger partial charge in [0, 0.05) is 6.61 Å². The lowest BCUT2D eigenvalue weighted by molar-refractivity contribution is 0.123. The maximum absolute atomic E-state index is 10.0. The summed E-state index contributed by atoms with van der Waals surface area (Å²) in [5.41, 5.74) is 0. The highest BCUT2D eigenvalue weighted by Crippen LogP contribution is 2.36. The molecule has 24 heavy (non-hydrogen) atoms. The Morgan fingerprint density at radius 3 is 2.50 bits per heavy atom. The fourth-order valence-corrected chi connectivity index (χ4v) is 3.59. The van der Waals surface area contributed by atoms with Crippen LogP contribution in [0.1, 0.15) is 72.6 Å². The van der Waals surface area contributed by atoms with Gasteiger partial charge >= 0.3 is 0 Å². The topological polar surface area (TPSA) is 42.0 Å². The Morgan fingerprint density at radius 1 is 1.17 bits per heavy atom. The van der Waals surface area contributed by atoms with Gasteiger partial charge in [-0.15, -0.1) is 0 Å². The summed E-state index contributed by atoms with van der Waals surface area (Å²) >= 11 is 0. The van der Waals surface area contributed by atoms with E-state index in [1.807, 2.05) is 0 Å². The van der Waals surface area contributed by atoms with Crippen LogP contribution in [-0.4, -0.2) is 38.3 Å². The summed E-state index contributed by atoms with van der Waals surface area (Å²) in [4.78, 5) is 0. The van der Waals surface area contributed by atoms with E-state index >= 15 is 0 Å². The molecule has 0 bridgehead atoms. The average Bonchev–Trinajstić information content (AvgIpc) is 3.25. The fraction of sp³-hybridized carbons (Fsp3) is 0.900. The van der Waals surface area contributed by atoms with E-state index in [2.05, 4.69) is 52.9 Å². The van der Waals surface area contributed by atoms with Crippen LogP contribution >= 0.6 is 0 Å². The highest BCUT2D eigenvalue weighted by Gasteiger charge is 2.41. The average molecular weight is 357 g/mol. The normalized spacial score (nSPS) is 23.0. The Hall–Kier alpha value is -0.163. The number of rotatable bonds is 12. The van der Waals surface area contributed by atoms with Crippen LogP contribution in [0, 0.1) is 0 Å². The van der Waals surface area contributed by atoms with E-state index in [-0.39, 0.29) is 18.3 Å². The van der Waals surface area contributed by atoms with Crippen molar-refractivity contribution in [2.75, 3.05) is 6.61 Å². The molecule has 0 aromatic heterocycles. The van der Waals surface area contributed by atoms with E-state index in [0.29, 0.717) is 5.04 Å². The van der Waals surface area contributed by atoms with Gasteiger partial charge in [0.15, 0.2) is 8.32 Å². The lowest BCUT2D eigenvalue weighted by atomic mass is 10.1. The summed E-state index contributed by atoms with van der Waals surface area (Å²) in [7, 11) is -1.58. The van der Waals surface area contributed by atoms with Crippen molar-refractivity contribution in [3.05, 3.63) is 12.2 Å². The quantitative estimate of drug-likeness (QED) is 0.219. The van der Waals surface area contributed by atoms with E-state index in [1.54, 1.807) is 0 Å². The monoisotopic (exact) mass is 356 g/mol. The molecule has 1 aliphatic rings. The molecule has 1 N–H and O–H groups in total. The number of unbranched alkanes of at least 4 members (excludes halogenated alkanes) is 4. The van der Waals surface area contributed by atoms with Crippen molar-refractivity contribution in [3.8, 4) is 0 Å². The minimum absolute atomic E-state index is 0.0417. The van der Waals surface area contributed by atoms with Gasteiger partial charge in [-0.05, 0) is 43.8 Å². The second kappa shape index (κ2) is 10.1. The zero-order valence-electron chi connectivity index (χ0n) is 16.8. The third-order valence-electron chi connectivity index (χ3n) is 5.40. The first-order valence-electron chi connectivity index (χ1n) is 9.83. The zero-order chi connectivity index (χ0) is 18.2. The molecule has 0 aromatic rings. The Balaban J connectivity index is 2.05. The van der Waals surface area contributed by atoms with E-state index in [1.165, 1.54) is 12.8 Å². The molecule has 0 aromatic carbocycles. The Morgan fingerprint density at radius 2 is 1.88 bits per heavy atom. The molecule has 4 heteroatoms. The molecular formula is C20H40O3Si. The molecular weight excluding hydrogens is 316 g/mol. The molecule has 1 fully saturated rings. The smallest absolute Gasteiger partial charge is 0.191 e. The molecule has 3 atom stereocenters. The van der Waals surface area contributed by atoms with Crippen molar-refractivity contribution in [2.45, 2.75) is 109 Å². The van der Waals surface area contributed by atoms with Crippen molar-refractivity contribution >= 4 is 8.32 Å². The van der Waals surface area contributed by atoms with Crippen molar-refractivity contribution in [3.63, 3.8) is 0 Å². The number of hydrogen-bond donors (Lipinski definition) is 1. The molecule has 3 nitrogen and oxygen atoms in total. The van der Waals surface area contributed by atoms with E-state index < -0.39 is 8.32 Å². The Bertz CT molecular complexity index is 374. The Kier molecular flexibility index (Phi) is 9.21. The van der Waals surface area contributed by atoms with Crippen LogP contribution in [0.15, 0.2) is 12.2 Å². The molecule has 0 amide bonds. The molecule has 1 rings (SSSR count). The number of aliphatic hydroxyl groups excluding tert-OH is 1. The first-order valence-corrected chi connectivity index (χ1v) is 12.7. The van der Waals surface area contributed by atoms with E-state index in [4.69, 9.17) is 9.16 Å². The molecule has 0 saturated carbocycles. The molecule has 1 heterocycles. The fourth-order valence-electron chi connectivity index (χ4n) is 2.51. The standard InChI is InChI=1S/C20H40O3Si/c1-7-8-11-14-17(21)19-18(23-19)15-12-9-10-13-16-22-24(5,6)20(2,3)4/h12,15,17-19,21H,7-11,13-14,16H2,1-6H3/b15-12+/t17-,18-,19+/m1/s1. The summed E-state index contributed by atoms with van der Waals surface area (Å²) in [6.07, 6.45) is 11.9. The summed E-state index contributed by atoms with van der Waals surface area (Å²) < 4.78 is 11.7. The van der Waals surface area contributed by atoms with Gasteiger partial charge in [-0.2, -0.15) is 0 Å². The first kappa shape index (κ1) is 21.9. The van der Waals surface area contributed by atoms with Gasteiger partial charge in [0.05, 0.1) is 6.10 Å². The largest absolute Gasteiger partial charge is 0.417 e. The van der Waals surface area contributed by atoms with Crippen molar-refractivity contribution in [2.24, 2.45) is 0 Å². The van der Waals surface area contributed by atoms with Crippen LogP contribution < -0.4 is 0 Å². The van der Waals surface area contributed by atoms with Gasteiger partial charge in [-0.1, -0.05) is 59.1 Å². The number of aliphatic hydroxyl groups is 1. The maximum atomic E-state index is 10.0. The summed E-state index contributed by atoms with van der Waals surface area (Å²) in [6, 6.07) is 0. The van der Waals surface area contributed by atoms with Gasteiger partial charge in [-0.3, -0.25) is 0 Å². The van der Waals surface area contributed by atoms with Crippen molar-refractivity contribution in [1.29, 1.82) is 0 Å². The Labute approximate surface area is 151 Å². The van der Waals surface area contributed by atoms with Crippen LogP contribution in [-0.2, 0) is 9.16 Å². The molecule has 0 aliphatic carbocycles.